The Morgan fingerprint density at radius 1 is 1.56 bits per heavy atom. The highest BCUT2D eigenvalue weighted by atomic mass is 32.2. The summed E-state index contributed by atoms with van der Waals surface area (Å²) < 4.78 is 1.76. The van der Waals surface area contributed by atoms with Crippen LogP contribution in [0.5, 0.6) is 0 Å². The van der Waals surface area contributed by atoms with Gasteiger partial charge in [-0.15, -0.1) is 5.10 Å². The molecule has 2 unspecified atom stereocenters. The Labute approximate surface area is 111 Å². The molecule has 5 nitrogen and oxygen atoms in total. The maximum atomic E-state index is 9.25. The quantitative estimate of drug-likeness (QED) is 0.860. The number of aliphatic hydroxyl groups excluding tert-OH is 1. The second-order valence-corrected chi connectivity index (χ2v) is 5.36. The topological polar surface area (TPSA) is 62.5 Å². The van der Waals surface area contributed by atoms with Crippen LogP contribution < -0.4 is 5.32 Å². The van der Waals surface area contributed by atoms with Crippen LogP contribution in [0.25, 0.3) is 5.65 Å². The lowest BCUT2D eigenvalue weighted by Gasteiger charge is -2.20. The summed E-state index contributed by atoms with van der Waals surface area (Å²) in [6.45, 7) is 4.17. The average Bonchev–Trinajstić information content (AvgIpc) is 2.74. The monoisotopic (exact) mass is 266 g/mol. The third-order valence-corrected chi connectivity index (χ3v) is 4.12. The van der Waals surface area contributed by atoms with Gasteiger partial charge in [0.05, 0.1) is 6.61 Å². The molecule has 98 valence electrons. The zero-order valence-corrected chi connectivity index (χ0v) is 11.6. The van der Waals surface area contributed by atoms with Gasteiger partial charge >= 0.3 is 0 Å². The van der Waals surface area contributed by atoms with Crippen LogP contribution in [0, 0.1) is 6.92 Å². The first-order valence-electron chi connectivity index (χ1n) is 5.88. The number of hydrogen-bond acceptors (Lipinski definition) is 5. The number of pyridine rings is 1. The van der Waals surface area contributed by atoms with Crippen LogP contribution >= 0.6 is 11.8 Å². The Morgan fingerprint density at radius 3 is 2.94 bits per heavy atom. The van der Waals surface area contributed by atoms with Gasteiger partial charge in [-0.2, -0.15) is 16.7 Å². The lowest BCUT2D eigenvalue weighted by molar-refractivity contribution is 0.288. The molecule has 0 amide bonds. The Morgan fingerprint density at radius 2 is 2.33 bits per heavy atom. The molecule has 0 spiro atoms. The van der Waals surface area contributed by atoms with Crippen LogP contribution in [0.1, 0.15) is 12.5 Å². The number of rotatable bonds is 5. The zero-order valence-electron chi connectivity index (χ0n) is 10.8. The molecule has 2 rings (SSSR count). The number of nitrogens with zero attached hydrogens (tertiary/aromatic N) is 3. The molecule has 0 aromatic carbocycles. The van der Waals surface area contributed by atoms with E-state index < -0.39 is 0 Å². The van der Waals surface area contributed by atoms with E-state index in [2.05, 4.69) is 15.4 Å². The van der Waals surface area contributed by atoms with E-state index >= 15 is 0 Å². The SMILES string of the molecule is CSC(CO)C(C)Nc1nc2c(C)cccn2n1. The fourth-order valence-electron chi connectivity index (χ4n) is 1.83. The van der Waals surface area contributed by atoms with Gasteiger partial charge in [0.15, 0.2) is 5.65 Å². The summed E-state index contributed by atoms with van der Waals surface area (Å²) >= 11 is 1.63. The second kappa shape index (κ2) is 5.58. The first kappa shape index (κ1) is 13.2. The molecule has 0 saturated carbocycles. The van der Waals surface area contributed by atoms with Crippen molar-refractivity contribution in [1.29, 1.82) is 0 Å². The molecular weight excluding hydrogens is 248 g/mol. The molecule has 18 heavy (non-hydrogen) atoms. The number of hydrogen-bond donors (Lipinski definition) is 2. The summed E-state index contributed by atoms with van der Waals surface area (Å²) in [5.41, 5.74) is 1.95. The molecule has 0 saturated heterocycles. The molecule has 2 aromatic rings. The van der Waals surface area contributed by atoms with Gasteiger partial charge in [-0.25, -0.2) is 4.52 Å². The van der Waals surface area contributed by atoms with Gasteiger partial charge in [-0.3, -0.25) is 0 Å². The number of aliphatic hydroxyl groups is 1. The van der Waals surface area contributed by atoms with Crippen LogP contribution in [0.15, 0.2) is 18.3 Å². The minimum atomic E-state index is 0.114. The molecule has 0 aliphatic rings. The molecule has 0 aliphatic carbocycles. The van der Waals surface area contributed by atoms with Gasteiger partial charge < -0.3 is 10.4 Å². The predicted molar refractivity (Wildman–Crippen MR) is 75.2 cm³/mol. The minimum absolute atomic E-state index is 0.114. The Bertz CT molecular complexity index is 524. The first-order valence-corrected chi connectivity index (χ1v) is 7.16. The predicted octanol–water partition coefficient (Wildman–Crippen LogP) is 1.56. The van der Waals surface area contributed by atoms with Crippen LogP contribution in [0.3, 0.4) is 0 Å². The van der Waals surface area contributed by atoms with Crippen LogP contribution in [-0.2, 0) is 0 Å². The first-order chi connectivity index (χ1) is 8.65. The summed E-state index contributed by atoms with van der Waals surface area (Å²) in [4.78, 5) is 4.45. The van der Waals surface area contributed by atoms with Crippen molar-refractivity contribution in [1.82, 2.24) is 14.6 Å². The minimum Gasteiger partial charge on any atom is -0.395 e. The maximum Gasteiger partial charge on any atom is 0.243 e. The average molecular weight is 266 g/mol. The van der Waals surface area contributed by atoms with Crippen LogP contribution in [0.4, 0.5) is 5.95 Å². The van der Waals surface area contributed by atoms with E-state index in [0.717, 1.165) is 11.2 Å². The lowest BCUT2D eigenvalue weighted by Crippen LogP contribution is -2.31. The van der Waals surface area contributed by atoms with Crippen molar-refractivity contribution in [2.75, 3.05) is 18.2 Å². The molecule has 0 radical (unpaired) electrons. The van der Waals surface area contributed by atoms with Crippen molar-refractivity contribution in [2.45, 2.75) is 25.1 Å². The summed E-state index contributed by atoms with van der Waals surface area (Å²) in [5.74, 6) is 0.601. The summed E-state index contributed by atoms with van der Waals surface area (Å²) in [5, 5.41) is 17.0. The number of thioether (sulfide) groups is 1. The van der Waals surface area contributed by atoms with Gasteiger partial charge in [0, 0.05) is 17.5 Å². The van der Waals surface area contributed by atoms with E-state index in [4.69, 9.17) is 0 Å². The summed E-state index contributed by atoms with van der Waals surface area (Å²) in [6, 6.07) is 4.07. The van der Waals surface area contributed by atoms with E-state index in [1.807, 2.05) is 38.4 Å². The Kier molecular flexibility index (Phi) is 4.08. The molecule has 0 aliphatic heterocycles. The fraction of sp³-hybridized carbons (Fsp3) is 0.500. The number of aromatic nitrogens is 3. The van der Waals surface area contributed by atoms with E-state index in [0.29, 0.717) is 5.95 Å². The summed E-state index contributed by atoms with van der Waals surface area (Å²) in [7, 11) is 0. The van der Waals surface area contributed by atoms with Crippen molar-refractivity contribution in [2.24, 2.45) is 0 Å². The van der Waals surface area contributed by atoms with E-state index in [1.165, 1.54) is 0 Å². The third-order valence-electron chi connectivity index (χ3n) is 2.95. The number of fused-ring (bicyclic) bond motifs is 1. The van der Waals surface area contributed by atoms with E-state index in [1.54, 1.807) is 16.3 Å². The number of anilines is 1. The fourth-order valence-corrected chi connectivity index (χ4v) is 2.46. The smallest absolute Gasteiger partial charge is 0.243 e. The molecule has 2 heterocycles. The molecule has 2 aromatic heterocycles. The van der Waals surface area contributed by atoms with Gasteiger partial charge in [0.25, 0.3) is 0 Å². The Hall–Kier alpha value is -1.27. The highest BCUT2D eigenvalue weighted by Crippen LogP contribution is 2.15. The molecular formula is C12H18N4OS. The molecule has 0 bridgehead atoms. The molecule has 2 N–H and O–H groups in total. The van der Waals surface area contributed by atoms with Gasteiger partial charge in [0.2, 0.25) is 5.95 Å². The maximum absolute atomic E-state index is 9.25. The van der Waals surface area contributed by atoms with Crippen LogP contribution in [-0.4, -0.2) is 43.9 Å². The van der Waals surface area contributed by atoms with E-state index in [-0.39, 0.29) is 17.9 Å². The van der Waals surface area contributed by atoms with Crippen molar-refractivity contribution >= 4 is 23.4 Å². The van der Waals surface area contributed by atoms with Crippen molar-refractivity contribution < 1.29 is 5.11 Å². The van der Waals surface area contributed by atoms with Gasteiger partial charge in [-0.1, -0.05) is 6.07 Å². The standard InChI is InChI=1S/C12H18N4OS/c1-8-5-4-6-16-11(8)14-12(15-16)13-9(2)10(7-17)18-3/h4-6,9-10,17H,7H2,1-3H3,(H,13,15). The normalized spacial score (nSPS) is 14.7. The van der Waals surface area contributed by atoms with E-state index in [9.17, 15) is 5.11 Å². The number of aryl methyl sites for hydroxylation is 1. The summed E-state index contributed by atoms with van der Waals surface area (Å²) in [6.07, 6.45) is 3.86. The second-order valence-electron chi connectivity index (χ2n) is 4.28. The molecule has 2 atom stereocenters. The number of nitrogens with one attached hydrogen (secondary N) is 1. The highest BCUT2D eigenvalue weighted by Gasteiger charge is 2.16. The molecule has 6 heteroatoms. The van der Waals surface area contributed by atoms with Gasteiger partial charge in [-0.05, 0) is 31.7 Å². The third kappa shape index (κ3) is 2.59. The Balaban J connectivity index is 2.19. The van der Waals surface area contributed by atoms with Crippen molar-refractivity contribution in [3.63, 3.8) is 0 Å². The lowest BCUT2D eigenvalue weighted by atomic mass is 10.2. The van der Waals surface area contributed by atoms with Crippen molar-refractivity contribution in [3.8, 4) is 0 Å². The largest absolute Gasteiger partial charge is 0.395 e. The van der Waals surface area contributed by atoms with Gasteiger partial charge in [0.1, 0.15) is 0 Å². The van der Waals surface area contributed by atoms with Crippen molar-refractivity contribution in [3.05, 3.63) is 23.9 Å². The zero-order chi connectivity index (χ0) is 13.1. The van der Waals surface area contributed by atoms with Crippen LogP contribution in [0.2, 0.25) is 0 Å². The molecule has 0 fully saturated rings. The highest BCUT2D eigenvalue weighted by molar-refractivity contribution is 7.99.